The minimum atomic E-state index is -1.96. The number of rotatable bonds is 8. The summed E-state index contributed by atoms with van der Waals surface area (Å²) in [6.45, 7) is -0.377. The van der Waals surface area contributed by atoms with Crippen molar-refractivity contribution in [2.45, 2.75) is 124 Å². The Morgan fingerprint density at radius 2 is 1.17 bits per heavy atom. The minimum absolute atomic E-state index is 0.415. The molecule has 0 bridgehead atoms. The molecule has 4 heterocycles. The molecule has 0 aromatic heterocycles. The smallest absolute Gasteiger partial charge is 0.187 e. The van der Waals surface area contributed by atoms with E-state index < -0.39 is 137 Å². The van der Waals surface area contributed by atoms with Crippen molar-refractivity contribution in [2.75, 3.05) is 19.8 Å². The first kappa shape index (κ1) is 34.1. The third kappa shape index (κ3) is 6.89. The molecule has 0 aromatic carbocycles. The van der Waals surface area contributed by atoms with Gasteiger partial charge in [-0.3, -0.25) is 0 Å². The highest BCUT2D eigenvalue weighted by molar-refractivity contribution is 4.95. The summed E-state index contributed by atoms with van der Waals surface area (Å²) >= 11 is 0. The maximum atomic E-state index is 10.7. The van der Waals surface area contributed by atoms with Gasteiger partial charge in [0.25, 0.3) is 0 Å². The van der Waals surface area contributed by atoms with Crippen LogP contribution < -0.4 is 0 Å². The van der Waals surface area contributed by atoms with E-state index in [0.29, 0.717) is 0 Å². The molecule has 19 heteroatoms. The lowest BCUT2D eigenvalue weighted by Crippen LogP contribution is -2.65. The van der Waals surface area contributed by atoms with E-state index in [1.807, 2.05) is 0 Å². The van der Waals surface area contributed by atoms with Crippen LogP contribution in [0.1, 0.15) is 6.92 Å². The van der Waals surface area contributed by atoms with E-state index in [2.05, 4.69) is 0 Å². The van der Waals surface area contributed by atoms with Gasteiger partial charge in [-0.25, -0.2) is 0 Å². The molecule has 0 unspecified atom stereocenters. The van der Waals surface area contributed by atoms with Gasteiger partial charge in [0.05, 0.1) is 25.9 Å². The normalized spacial score (nSPS) is 54.1. The van der Waals surface area contributed by atoms with Crippen LogP contribution in [0.3, 0.4) is 0 Å². The quantitative estimate of drug-likeness (QED) is 0.120. The van der Waals surface area contributed by atoms with Crippen molar-refractivity contribution in [3.05, 3.63) is 0 Å². The van der Waals surface area contributed by atoms with Gasteiger partial charge in [-0.05, 0) is 6.92 Å². The molecule has 0 saturated carbocycles. The molecule has 0 amide bonds. The van der Waals surface area contributed by atoms with Gasteiger partial charge in [-0.1, -0.05) is 0 Å². The number of aliphatic hydroxyl groups excluding tert-OH is 12. The van der Waals surface area contributed by atoms with Gasteiger partial charge in [0.1, 0.15) is 85.5 Å². The van der Waals surface area contributed by atoms with Crippen LogP contribution >= 0.6 is 0 Å². The zero-order chi connectivity index (χ0) is 31.0. The summed E-state index contributed by atoms with van der Waals surface area (Å²) in [5.41, 5.74) is 0. The molecule has 0 spiro atoms. The van der Waals surface area contributed by atoms with Crippen molar-refractivity contribution in [3.63, 3.8) is 0 Å². The highest BCUT2D eigenvalue weighted by atomic mass is 16.8. The third-order valence-corrected chi connectivity index (χ3v) is 7.76. The first-order valence-electron chi connectivity index (χ1n) is 13.4. The highest BCUT2D eigenvalue weighted by Gasteiger charge is 2.52. The Labute approximate surface area is 238 Å². The van der Waals surface area contributed by atoms with E-state index in [0.717, 1.165) is 0 Å². The van der Waals surface area contributed by atoms with E-state index in [9.17, 15) is 61.3 Å². The molecule has 4 aliphatic rings. The van der Waals surface area contributed by atoms with Crippen LogP contribution in [-0.4, -0.2) is 198 Å². The van der Waals surface area contributed by atoms with Crippen molar-refractivity contribution in [1.82, 2.24) is 0 Å². The Hall–Kier alpha value is -0.760. The van der Waals surface area contributed by atoms with Gasteiger partial charge in [-0.2, -0.15) is 0 Å². The van der Waals surface area contributed by atoms with Crippen LogP contribution in [-0.2, 0) is 33.2 Å². The first-order valence-corrected chi connectivity index (χ1v) is 13.4. The average molecular weight is 621 g/mol. The Kier molecular flexibility index (Phi) is 11.5. The van der Waals surface area contributed by atoms with Gasteiger partial charge in [0, 0.05) is 0 Å². The molecule has 0 radical (unpaired) electrons. The van der Waals surface area contributed by atoms with Crippen molar-refractivity contribution in [1.29, 1.82) is 0 Å². The lowest BCUT2D eigenvalue weighted by molar-refractivity contribution is -0.373. The molecule has 246 valence electrons. The highest BCUT2D eigenvalue weighted by Crippen LogP contribution is 2.31. The van der Waals surface area contributed by atoms with Crippen LogP contribution in [0.2, 0.25) is 0 Å². The molecule has 4 saturated heterocycles. The fourth-order valence-corrected chi connectivity index (χ4v) is 5.07. The Morgan fingerprint density at radius 3 is 1.83 bits per heavy atom. The Balaban J connectivity index is 1.38. The van der Waals surface area contributed by atoms with Gasteiger partial charge >= 0.3 is 0 Å². The zero-order valence-electron chi connectivity index (χ0n) is 22.3. The largest absolute Gasteiger partial charge is 0.394 e. The molecule has 19 nitrogen and oxygen atoms in total. The summed E-state index contributed by atoms with van der Waals surface area (Å²) in [6.07, 6.45) is -30.9. The molecule has 12 N–H and O–H groups in total. The van der Waals surface area contributed by atoms with Crippen LogP contribution in [0.5, 0.6) is 0 Å². The van der Waals surface area contributed by atoms with E-state index in [1.165, 1.54) is 6.92 Å². The molecular weight excluding hydrogens is 580 g/mol. The van der Waals surface area contributed by atoms with E-state index in [-0.39, 0.29) is 0 Å². The lowest BCUT2D eigenvalue weighted by Gasteiger charge is -2.46. The fourth-order valence-electron chi connectivity index (χ4n) is 5.07. The third-order valence-electron chi connectivity index (χ3n) is 7.76. The van der Waals surface area contributed by atoms with Crippen LogP contribution in [0, 0.1) is 0 Å². The molecule has 4 aliphatic heterocycles. The number of hydrogen-bond acceptors (Lipinski definition) is 19. The van der Waals surface area contributed by atoms with Crippen molar-refractivity contribution < 1.29 is 94.4 Å². The second-order valence-electron chi connectivity index (χ2n) is 10.7. The molecule has 0 aliphatic carbocycles. The van der Waals surface area contributed by atoms with Crippen molar-refractivity contribution in [2.24, 2.45) is 0 Å². The van der Waals surface area contributed by atoms with Gasteiger partial charge < -0.3 is 94.4 Å². The maximum absolute atomic E-state index is 10.7. The van der Waals surface area contributed by atoms with Crippen molar-refractivity contribution >= 4 is 0 Å². The molecule has 42 heavy (non-hydrogen) atoms. The van der Waals surface area contributed by atoms with E-state index in [4.69, 9.17) is 33.2 Å². The van der Waals surface area contributed by atoms with Gasteiger partial charge in [0.15, 0.2) is 25.2 Å². The predicted octanol–water partition coefficient (Wildman–Crippen LogP) is -8.08. The summed E-state index contributed by atoms with van der Waals surface area (Å²) in [5.74, 6) is 0. The van der Waals surface area contributed by atoms with Crippen molar-refractivity contribution in [3.8, 4) is 0 Å². The average Bonchev–Trinajstić information content (AvgIpc) is 2.96. The van der Waals surface area contributed by atoms with Gasteiger partial charge in [0.2, 0.25) is 0 Å². The number of ether oxygens (including phenoxy) is 7. The van der Waals surface area contributed by atoms with E-state index in [1.54, 1.807) is 0 Å². The first-order chi connectivity index (χ1) is 19.8. The maximum Gasteiger partial charge on any atom is 0.187 e. The molecule has 4 fully saturated rings. The van der Waals surface area contributed by atoms with Crippen LogP contribution in [0.15, 0.2) is 0 Å². The molecule has 0 aromatic rings. The standard InChI is InChI=1S/C23H40O19/c1-5-9(26)14(31)19(42-21-16(33)10(27)6(25)3-36-21)23(38-5)37-4-8-12(29)15(32)18(20(35)39-8)41-22-17(34)13(30)11(28)7(2-24)40-22/h5-35H,2-4H2,1H3/t5-,6+,7-,8-,9+,10+,11-,12-,13+,14+,15+,16-,17-,18-,19-,20-,21+,22+,23-/m1/s1. The molecule has 19 atom stereocenters. The second kappa shape index (κ2) is 14.1. The number of hydrogen-bond donors (Lipinski definition) is 12. The molecular formula is C23H40O19. The summed E-state index contributed by atoms with van der Waals surface area (Å²) in [6, 6.07) is 0. The number of aliphatic hydroxyl groups is 12. The summed E-state index contributed by atoms with van der Waals surface area (Å²) in [7, 11) is 0. The Morgan fingerprint density at radius 1 is 0.571 bits per heavy atom. The van der Waals surface area contributed by atoms with E-state index >= 15 is 0 Å². The fraction of sp³-hybridized carbons (Fsp3) is 1.00. The van der Waals surface area contributed by atoms with Crippen LogP contribution in [0.4, 0.5) is 0 Å². The van der Waals surface area contributed by atoms with Crippen LogP contribution in [0.25, 0.3) is 0 Å². The molecule has 4 rings (SSSR count). The topological polar surface area (TPSA) is 307 Å². The SMILES string of the molecule is C[C@H]1O[C@@H](OC[C@H]2O[C@@H](O)[C@H](O[C@@H]3O[C@H](CO)[C@@H](O)[C@H](O)[C@H]3O)[C@@H](O)[C@@H]2O)[C@H](O[C@@H]2OC[C@H](O)[C@H](O)[C@H]2O)[C@@H](O)[C@H]1O. The minimum Gasteiger partial charge on any atom is -0.394 e. The zero-order valence-corrected chi connectivity index (χ0v) is 22.3. The summed E-state index contributed by atoms with van der Waals surface area (Å²) in [4.78, 5) is 0. The summed E-state index contributed by atoms with van der Waals surface area (Å²) < 4.78 is 37.7. The Bertz CT molecular complexity index is 853. The lowest BCUT2D eigenvalue weighted by atomic mass is 9.97. The monoisotopic (exact) mass is 620 g/mol. The predicted molar refractivity (Wildman–Crippen MR) is 126 cm³/mol. The second-order valence-corrected chi connectivity index (χ2v) is 10.7. The van der Waals surface area contributed by atoms with Gasteiger partial charge in [-0.15, -0.1) is 0 Å². The summed E-state index contributed by atoms with van der Waals surface area (Å²) in [5, 5.41) is 122.